The van der Waals surface area contributed by atoms with Gasteiger partial charge < -0.3 is 19.2 Å². The van der Waals surface area contributed by atoms with Gasteiger partial charge in [0.15, 0.2) is 0 Å². The van der Waals surface area contributed by atoms with Gasteiger partial charge in [-0.15, -0.1) is 0 Å². The fourth-order valence-electron chi connectivity index (χ4n) is 3.47. The highest BCUT2D eigenvalue weighted by atomic mass is 16.3. The number of carbonyl (C=O) groups excluding carboxylic acids is 1. The highest BCUT2D eigenvalue weighted by molar-refractivity contribution is 5.79. The number of benzene rings is 1. The molecule has 1 atom stereocenters. The number of hydrogen-bond acceptors (Lipinski definition) is 4. The highest BCUT2D eigenvalue weighted by Gasteiger charge is 2.30. The van der Waals surface area contributed by atoms with Crippen LogP contribution in [0.2, 0.25) is 0 Å². The van der Waals surface area contributed by atoms with Gasteiger partial charge in [-0.05, 0) is 12.1 Å². The lowest BCUT2D eigenvalue weighted by Gasteiger charge is -2.35. The van der Waals surface area contributed by atoms with E-state index in [0.29, 0.717) is 19.4 Å². The molecule has 1 aliphatic rings. The summed E-state index contributed by atoms with van der Waals surface area (Å²) in [5.74, 6) is 1.93. The molecular formula is C19H22N4O2. The summed E-state index contributed by atoms with van der Waals surface area (Å²) in [5.41, 5.74) is 0.873. The Morgan fingerprint density at radius 3 is 3.08 bits per heavy atom. The largest absolute Gasteiger partial charge is 0.461 e. The van der Waals surface area contributed by atoms with Crippen LogP contribution in [0.1, 0.15) is 24.0 Å². The first-order chi connectivity index (χ1) is 12.2. The standard InChI is InChI=1S/C19H22N4O2/c1-22-10-9-21-19(22)16-13-20-8-11-23(16)18(24)7-6-15-12-14-4-2-3-5-17(14)25-15/h2-5,9-10,12,16,20H,6-8,11,13H2,1H3. The van der Waals surface area contributed by atoms with Crippen LogP contribution >= 0.6 is 0 Å². The molecule has 6 nitrogen and oxygen atoms in total. The molecule has 6 heteroatoms. The number of amides is 1. The maximum Gasteiger partial charge on any atom is 0.223 e. The summed E-state index contributed by atoms with van der Waals surface area (Å²) in [6, 6.07) is 9.93. The molecule has 0 radical (unpaired) electrons. The summed E-state index contributed by atoms with van der Waals surface area (Å²) in [5, 5.41) is 4.44. The molecule has 0 bridgehead atoms. The number of carbonyl (C=O) groups is 1. The van der Waals surface area contributed by atoms with E-state index in [2.05, 4.69) is 10.3 Å². The molecule has 3 heterocycles. The van der Waals surface area contributed by atoms with E-state index >= 15 is 0 Å². The third-order valence-electron chi connectivity index (χ3n) is 4.78. The second kappa shape index (κ2) is 6.72. The van der Waals surface area contributed by atoms with Crippen LogP contribution in [0, 0.1) is 0 Å². The summed E-state index contributed by atoms with van der Waals surface area (Å²) >= 11 is 0. The van der Waals surface area contributed by atoms with E-state index in [1.54, 1.807) is 6.20 Å². The molecule has 1 saturated heterocycles. The number of hydrogen-bond donors (Lipinski definition) is 1. The summed E-state index contributed by atoms with van der Waals surface area (Å²) in [6.07, 6.45) is 4.76. The van der Waals surface area contributed by atoms with Crippen molar-refractivity contribution in [2.75, 3.05) is 19.6 Å². The number of aromatic nitrogens is 2. The van der Waals surface area contributed by atoms with Gasteiger partial charge in [-0.2, -0.15) is 0 Å². The van der Waals surface area contributed by atoms with E-state index < -0.39 is 0 Å². The fraction of sp³-hybridized carbons (Fsp3) is 0.368. The minimum Gasteiger partial charge on any atom is -0.461 e. The van der Waals surface area contributed by atoms with Crippen molar-refractivity contribution in [3.63, 3.8) is 0 Å². The van der Waals surface area contributed by atoms with Gasteiger partial charge in [-0.3, -0.25) is 4.79 Å². The van der Waals surface area contributed by atoms with Gasteiger partial charge in [-0.25, -0.2) is 4.98 Å². The van der Waals surface area contributed by atoms with Crippen LogP contribution in [0.3, 0.4) is 0 Å². The van der Waals surface area contributed by atoms with E-state index in [1.165, 1.54) is 0 Å². The van der Waals surface area contributed by atoms with Crippen molar-refractivity contribution in [3.8, 4) is 0 Å². The molecule has 1 N–H and O–H groups in total. The maximum atomic E-state index is 12.8. The average Bonchev–Trinajstić information content (AvgIpc) is 3.25. The topological polar surface area (TPSA) is 63.3 Å². The zero-order valence-corrected chi connectivity index (χ0v) is 14.3. The number of aryl methyl sites for hydroxylation is 2. The Balaban J connectivity index is 1.46. The quantitative estimate of drug-likeness (QED) is 0.793. The Bertz CT molecular complexity index is 849. The SMILES string of the molecule is Cn1ccnc1C1CNCCN1C(=O)CCc1cc2ccccc2o1. The molecule has 1 fully saturated rings. The number of piperazine rings is 1. The molecule has 1 unspecified atom stereocenters. The van der Waals surface area contributed by atoms with Crippen LogP contribution in [-0.4, -0.2) is 40.0 Å². The van der Waals surface area contributed by atoms with Crippen molar-refractivity contribution in [3.05, 3.63) is 54.3 Å². The molecule has 0 aliphatic carbocycles. The van der Waals surface area contributed by atoms with Crippen molar-refractivity contribution in [2.24, 2.45) is 7.05 Å². The third-order valence-corrected chi connectivity index (χ3v) is 4.78. The Labute approximate surface area is 146 Å². The summed E-state index contributed by atoms with van der Waals surface area (Å²) in [7, 11) is 1.97. The fourth-order valence-corrected chi connectivity index (χ4v) is 3.47. The smallest absolute Gasteiger partial charge is 0.223 e. The predicted molar refractivity (Wildman–Crippen MR) is 95.1 cm³/mol. The summed E-state index contributed by atoms with van der Waals surface area (Å²) < 4.78 is 7.81. The van der Waals surface area contributed by atoms with Gasteiger partial charge in [-0.1, -0.05) is 18.2 Å². The summed E-state index contributed by atoms with van der Waals surface area (Å²) in [4.78, 5) is 19.2. The lowest BCUT2D eigenvalue weighted by atomic mass is 10.1. The lowest BCUT2D eigenvalue weighted by Crippen LogP contribution is -2.49. The van der Waals surface area contributed by atoms with Crippen molar-refractivity contribution in [2.45, 2.75) is 18.9 Å². The van der Waals surface area contributed by atoms with E-state index in [1.807, 2.05) is 53.0 Å². The van der Waals surface area contributed by atoms with Crippen LogP contribution in [0.25, 0.3) is 11.0 Å². The number of furan rings is 1. The van der Waals surface area contributed by atoms with Gasteiger partial charge in [0.05, 0.1) is 0 Å². The first-order valence-corrected chi connectivity index (χ1v) is 8.67. The van der Waals surface area contributed by atoms with E-state index in [0.717, 1.165) is 35.6 Å². The van der Waals surface area contributed by atoms with Crippen molar-refractivity contribution < 1.29 is 9.21 Å². The normalized spacial score (nSPS) is 18.0. The van der Waals surface area contributed by atoms with Crippen molar-refractivity contribution >= 4 is 16.9 Å². The number of fused-ring (bicyclic) bond motifs is 1. The molecule has 25 heavy (non-hydrogen) atoms. The molecule has 1 aliphatic heterocycles. The molecular weight excluding hydrogens is 316 g/mol. The molecule has 4 rings (SSSR count). The predicted octanol–water partition coefficient (Wildman–Crippen LogP) is 2.27. The third kappa shape index (κ3) is 3.17. The highest BCUT2D eigenvalue weighted by Crippen LogP contribution is 2.23. The number of imidazole rings is 1. The molecule has 1 amide bonds. The van der Waals surface area contributed by atoms with Gasteiger partial charge in [0.25, 0.3) is 0 Å². The second-order valence-corrected chi connectivity index (χ2v) is 6.45. The van der Waals surface area contributed by atoms with Gasteiger partial charge in [0.1, 0.15) is 23.2 Å². The number of nitrogens with one attached hydrogen (secondary N) is 1. The zero-order chi connectivity index (χ0) is 17.2. The molecule has 1 aromatic carbocycles. The monoisotopic (exact) mass is 338 g/mol. The molecule has 0 saturated carbocycles. The van der Waals surface area contributed by atoms with Gasteiger partial charge in [0, 0.05) is 57.3 Å². The Morgan fingerprint density at radius 1 is 1.40 bits per heavy atom. The number of para-hydroxylation sites is 1. The minimum atomic E-state index is -0.0167. The van der Waals surface area contributed by atoms with Crippen LogP contribution in [0.4, 0.5) is 0 Å². The Kier molecular flexibility index (Phi) is 4.28. The Hall–Kier alpha value is -2.60. The van der Waals surface area contributed by atoms with Gasteiger partial charge >= 0.3 is 0 Å². The zero-order valence-electron chi connectivity index (χ0n) is 14.3. The summed E-state index contributed by atoms with van der Waals surface area (Å²) in [6.45, 7) is 2.26. The Morgan fingerprint density at radius 2 is 2.28 bits per heavy atom. The van der Waals surface area contributed by atoms with Crippen molar-refractivity contribution in [1.82, 2.24) is 19.8 Å². The lowest BCUT2D eigenvalue weighted by molar-refractivity contribution is -0.134. The van der Waals surface area contributed by atoms with Crippen LogP contribution in [-0.2, 0) is 18.3 Å². The second-order valence-electron chi connectivity index (χ2n) is 6.45. The first-order valence-electron chi connectivity index (χ1n) is 8.67. The van der Waals surface area contributed by atoms with E-state index in [-0.39, 0.29) is 11.9 Å². The van der Waals surface area contributed by atoms with E-state index in [4.69, 9.17) is 4.42 Å². The number of nitrogens with zero attached hydrogens (tertiary/aromatic N) is 3. The van der Waals surface area contributed by atoms with Crippen LogP contribution < -0.4 is 5.32 Å². The molecule has 0 spiro atoms. The van der Waals surface area contributed by atoms with Crippen LogP contribution in [0.15, 0.2) is 47.1 Å². The molecule has 2 aromatic heterocycles. The van der Waals surface area contributed by atoms with Crippen LogP contribution in [0.5, 0.6) is 0 Å². The molecule has 3 aromatic rings. The van der Waals surface area contributed by atoms with Gasteiger partial charge in [0.2, 0.25) is 5.91 Å². The number of rotatable bonds is 4. The minimum absolute atomic E-state index is 0.0167. The maximum absolute atomic E-state index is 12.8. The van der Waals surface area contributed by atoms with E-state index in [9.17, 15) is 4.79 Å². The van der Waals surface area contributed by atoms with Crippen molar-refractivity contribution in [1.29, 1.82) is 0 Å². The molecule has 130 valence electrons. The average molecular weight is 338 g/mol. The first kappa shape index (κ1) is 15.9.